The predicted octanol–water partition coefficient (Wildman–Crippen LogP) is 3.00. The largest absolute Gasteiger partial charge is 0.379 e. The average molecular weight is 476 g/mol. The normalized spacial score (nSPS) is 14.5. The van der Waals surface area contributed by atoms with E-state index in [0.717, 1.165) is 25.5 Å². The van der Waals surface area contributed by atoms with Crippen LogP contribution in [0.2, 0.25) is 0 Å². The van der Waals surface area contributed by atoms with Crippen LogP contribution in [-0.4, -0.2) is 64.3 Å². The molecular weight excluding hydrogens is 439 g/mol. The summed E-state index contributed by atoms with van der Waals surface area (Å²) >= 11 is 0. The van der Waals surface area contributed by atoms with Crippen molar-refractivity contribution in [3.8, 4) is 0 Å². The molecule has 1 aromatic carbocycles. The molecule has 0 radical (unpaired) electrons. The Morgan fingerprint density at radius 1 is 1.12 bits per heavy atom. The minimum atomic E-state index is 0. The van der Waals surface area contributed by atoms with Gasteiger partial charge in [-0.1, -0.05) is 51.1 Å². The molecule has 0 heterocycles. The van der Waals surface area contributed by atoms with Crippen LogP contribution in [-0.2, 0) is 11.2 Å². The van der Waals surface area contributed by atoms with Crippen molar-refractivity contribution >= 4 is 29.9 Å². The molecule has 1 aromatic rings. The van der Waals surface area contributed by atoms with Gasteiger partial charge in [0, 0.05) is 33.3 Å². The fourth-order valence-corrected chi connectivity index (χ4v) is 2.69. The summed E-state index contributed by atoms with van der Waals surface area (Å²) < 4.78 is 5.60. The highest BCUT2D eigenvalue weighted by Crippen LogP contribution is 2.20. The topological polar surface area (TPSA) is 48.9 Å². The standard InChI is InChI=1S/C20H36N4O.HI/c1-20(2,3)18(25-7)15-23-19(21-4)22-14-17(24(5)6)13-16-11-9-8-10-12-16;/h8-12,17-18H,13-15H2,1-7H3,(H2,21,22,23);1H. The molecule has 26 heavy (non-hydrogen) atoms. The molecule has 0 bridgehead atoms. The lowest BCUT2D eigenvalue weighted by Crippen LogP contribution is -2.49. The lowest BCUT2D eigenvalue weighted by atomic mass is 9.89. The summed E-state index contributed by atoms with van der Waals surface area (Å²) in [7, 11) is 7.80. The Kier molecular flexibility index (Phi) is 12.1. The Bertz CT molecular complexity index is 514. The fourth-order valence-electron chi connectivity index (χ4n) is 2.69. The molecule has 0 amide bonds. The second kappa shape index (κ2) is 12.5. The van der Waals surface area contributed by atoms with Gasteiger partial charge in [-0.3, -0.25) is 4.99 Å². The van der Waals surface area contributed by atoms with Crippen molar-refractivity contribution in [2.24, 2.45) is 10.4 Å². The highest BCUT2D eigenvalue weighted by atomic mass is 127. The zero-order valence-electron chi connectivity index (χ0n) is 17.4. The summed E-state index contributed by atoms with van der Waals surface area (Å²) in [6, 6.07) is 11.0. The molecule has 0 aliphatic carbocycles. The number of nitrogens with one attached hydrogen (secondary N) is 2. The van der Waals surface area contributed by atoms with E-state index in [4.69, 9.17) is 4.74 Å². The molecule has 2 unspecified atom stereocenters. The van der Waals surface area contributed by atoms with E-state index in [0.29, 0.717) is 6.04 Å². The lowest BCUT2D eigenvalue weighted by molar-refractivity contribution is 0.0205. The summed E-state index contributed by atoms with van der Waals surface area (Å²) in [6.45, 7) is 8.10. The van der Waals surface area contributed by atoms with Gasteiger partial charge in [-0.05, 0) is 31.5 Å². The molecule has 2 N–H and O–H groups in total. The third-order valence-corrected chi connectivity index (χ3v) is 4.48. The van der Waals surface area contributed by atoms with E-state index >= 15 is 0 Å². The van der Waals surface area contributed by atoms with Crippen LogP contribution in [0.1, 0.15) is 26.3 Å². The Morgan fingerprint density at radius 3 is 2.15 bits per heavy atom. The maximum atomic E-state index is 5.60. The van der Waals surface area contributed by atoms with Gasteiger partial charge in [-0.25, -0.2) is 0 Å². The second-order valence-electron chi connectivity index (χ2n) is 7.73. The van der Waals surface area contributed by atoms with E-state index in [9.17, 15) is 0 Å². The second-order valence-corrected chi connectivity index (χ2v) is 7.73. The van der Waals surface area contributed by atoms with Crippen molar-refractivity contribution in [1.29, 1.82) is 0 Å². The van der Waals surface area contributed by atoms with Crippen LogP contribution in [0.15, 0.2) is 35.3 Å². The van der Waals surface area contributed by atoms with Crippen LogP contribution >= 0.6 is 24.0 Å². The number of hydrogen-bond acceptors (Lipinski definition) is 3. The third-order valence-electron chi connectivity index (χ3n) is 4.48. The Morgan fingerprint density at radius 2 is 1.69 bits per heavy atom. The minimum absolute atomic E-state index is 0. The first-order valence-corrected chi connectivity index (χ1v) is 8.95. The van der Waals surface area contributed by atoms with Gasteiger partial charge >= 0.3 is 0 Å². The molecule has 0 spiro atoms. The number of nitrogens with zero attached hydrogens (tertiary/aromatic N) is 2. The maximum Gasteiger partial charge on any atom is 0.191 e. The molecular formula is C20H37IN4O. The number of ether oxygens (including phenoxy) is 1. The number of aliphatic imine (C=N–C) groups is 1. The number of methoxy groups -OCH3 is 1. The summed E-state index contributed by atoms with van der Waals surface area (Å²) in [5, 5.41) is 6.82. The highest BCUT2D eigenvalue weighted by molar-refractivity contribution is 14.0. The number of benzene rings is 1. The number of rotatable bonds is 8. The molecule has 0 aliphatic heterocycles. The third kappa shape index (κ3) is 9.19. The van der Waals surface area contributed by atoms with Crippen LogP contribution in [0.5, 0.6) is 0 Å². The lowest BCUT2D eigenvalue weighted by Gasteiger charge is -2.30. The van der Waals surface area contributed by atoms with Crippen molar-refractivity contribution in [2.75, 3.05) is 41.3 Å². The first kappa shape index (κ1) is 25.1. The number of guanidine groups is 1. The van der Waals surface area contributed by atoms with Crippen LogP contribution in [0.25, 0.3) is 0 Å². The Hall–Kier alpha value is -0.860. The van der Waals surface area contributed by atoms with Gasteiger partial charge in [0.25, 0.3) is 0 Å². The van der Waals surface area contributed by atoms with Gasteiger partial charge in [0.2, 0.25) is 0 Å². The molecule has 0 fully saturated rings. The Labute approximate surface area is 177 Å². The summed E-state index contributed by atoms with van der Waals surface area (Å²) in [6.07, 6.45) is 1.13. The smallest absolute Gasteiger partial charge is 0.191 e. The van der Waals surface area contributed by atoms with Gasteiger partial charge in [-0.15, -0.1) is 24.0 Å². The summed E-state index contributed by atoms with van der Waals surface area (Å²) in [4.78, 5) is 6.59. The molecule has 5 nitrogen and oxygen atoms in total. The first-order valence-electron chi connectivity index (χ1n) is 8.95. The van der Waals surface area contributed by atoms with E-state index < -0.39 is 0 Å². The molecule has 0 saturated heterocycles. The quantitative estimate of drug-likeness (QED) is 0.344. The van der Waals surface area contributed by atoms with Gasteiger partial charge in [0.05, 0.1) is 6.10 Å². The zero-order chi connectivity index (χ0) is 18.9. The van der Waals surface area contributed by atoms with Crippen molar-refractivity contribution in [3.63, 3.8) is 0 Å². The molecule has 150 valence electrons. The van der Waals surface area contributed by atoms with Crippen LogP contribution < -0.4 is 10.6 Å². The highest BCUT2D eigenvalue weighted by Gasteiger charge is 2.24. The van der Waals surface area contributed by atoms with E-state index in [2.05, 4.69) is 85.7 Å². The van der Waals surface area contributed by atoms with E-state index in [1.165, 1.54) is 5.56 Å². The van der Waals surface area contributed by atoms with Crippen molar-refractivity contribution < 1.29 is 4.74 Å². The van der Waals surface area contributed by atoms with E-state index in [1.54, 1.807) is 14.2 Å². The van der Waals surface area contributed by atoms with Gasteiger partial charge < -0.3 is 20.3 Å². The maximum absolute atomic E-state index is 5.60. The molecule has 1 rings (SSSR count). The van der Waals surface area contributed by atoms with Crippen LogP contribution in [0.3, 0.4) is 0 Å². The van der Waals surface area contributed by atoms with E-state index in [1.807, 2.05) is 0 Å². The molecule has 0 saturated carbocycles. The van der Waals surface area contributed by atoms with E-state index in [-0.39, 0.29) is 35.5 Å². The van der Waals surface area contributed by atoms with Gasteiger partial charge in [0.1, 0.15) is 0 Å². The van der Waals surface area contributed by atoms with Crippen LogP contribution in [0, 0.1) is 5.41 Å². The summed E-state index contributed by atoms with van der Waals surface area (Å²) in [5.74, 6) is 0.811. The van der Waals surface area contributed by atoms with Gasteiger partial charge in [-0.2, -0.15) is 0 Å². The summed E-state index contributed by atoms with van der Waals surface area (Å²) in [5.41, 5.74) is 1.43. The van der Waals surface area contributed by atoms with Gasteiger partial charge in [0.15, 0.2) is 5.96 Å². The molecule has 2 atom stereocenters. The minimum Gasteiger partial charge on any atom is -0.379 e. The van der Waals surface area contributed by atoms with Crippen molar-refractivity contribution in [3.05, 3.63) is 35.9 Å². The van der Waals surface area contributed by atoms with Crippen molar-refractivity contribution in [2.45, 2.75) is 39.3 Å². The fraction of sp³-hybridized carbons (Fsp3) is 0.650. The molecule has 6 heteroatoms. The zero-order valence-corrected chi connectivity index (χ0v) is 19.7. The van der Waals surface area contributed by atoms with Crippen molar-refractivity contribution in [1.82, 2.24) is 15.5 Å². The first-order chi connectivity index (χ1) is 11.8. The number of likely N-dealkylation sites (N-methyl/N-ethyl adjacent to an activating group) is 1. The van der Waals surface area contributed by atoms with Crippen LogP contribution in [0.4, 0.5) is 0 Å². The average Bonchev–Trinajstić information content (AvgIpc) is 2.56. The monoisotopic (exact) mass is 476 g/mol. The number of hydrogen-bond donors (Lipinski definition) is 2. The number of halogens is 1. The molecule has 0 aliphatic rings. The molecule has 0 aromatic heterocycles. The Balaban J connectivity index is 0.00000625. The predicted molar refractivity (Wildman–Crippen MR) is 123 cm³/mol. The SMILES string of the molecule is CN=C(NCC(Cc1ccccc1)N(C)C)NCC(OC)C(C)(C)C.I.